The van der Waals surface area contributed by atoms with E-state index in [-0.39, 0.29) is 11.8 Å². The summed E-state index contributed by atoms with van der Waals surface area (Å²) in [5, 5.41) is 12.4. The van der Waals surface area contributed by atoms with E-state index < -0.39 is 0 Å². The van der Waals surface area contributed by atoms with Gasteiger partial charge in [0.25, 0.3) is 11.8 Å². The normalized spacial score (nSPS) is 11.0. The molecule has 2 N–H and O–H groups in total. The van der Waals surface area contributed by atoms with Crippen LogP contribution in [0, 0.1) is 13.8 Å². The van der Waals surface area contributed by atoms with Crippen LogP contribution in [-0.2, 0) is 0 Å². The minimum Gasteiger partial charge on any atom is -0.320 e. The molecule has 2 amide bonds. The molecule has 60 heavy (non-hydrogen) atoms. The number of benzene rings is 8. The number of carbonyl (C=O) groups is 2. The van der Waals surface area contributed by atoms with Crippen LogP contribution in [0.15, 0.2) is 194 Å². The van der Waals surface area contributed by atoms with Crippen molar-refractivity contribution in [1.82, 2.24) is 9.97 Å². The molecule has 2 heterocycles. The van der Waals surface area contributed by atoms with Crippen molar-refractivity contribution in [3.63, 3.8) is 0 Å². The largest absolute Gasteiger partial charge is 0.320 e. The molecule has 0 spiro atoms. The summed E-state index contributed by atoms with van der Waals surface area (Å²) in [4.78, 5) is 35.1. The van der Waals surface area contributed by atoms with Crippen LogP contribution < -0.4 is 10.6 Å². The van der Waals surface area contributed by atoms with Gasteiger partial charge < -0.3 is 10.6 Å². The third kappa shape index (κ3) is 7.82. The van der Waals surface area contributed by atoms with Gasteiger partial charge in [0.05, 0.1) is 11.0 Å². The van der Waals surface area contributed by atoms with Gasteiger partial charge in [0, 0.05) is 32.9 Å². The van der Waals surface area contributed by atoms with Crippen LogP contribution in [0.1, 0.15) is 32.1 Å². The second-order valence-corrected chi connectivity index (χ2v) is 14.8. The molecule has 0 radical (unpaired) electrons. The molecule has 0 bridgehead atoms. The molecule has 0 fully saturated rings. The number of carbonyl (C=O) groups excluding carboxylic acids is 2. The highest BCUT2D eigenvalue weighted by molar-refractivity contribution is 6.14. The Labute approximate surface area is 348 Å². The Balaban J connectivity index is 0.000000154. The predicted molar refractivity (Wildman–Crippen MR) is 248 cm³/mol. The smallest absolute Gasteiger partial charge is 0.274 e. The minimum atomic E-state index is -0.216. The van der Waals surface area contributed by atoms with Gasteiger partial charge in [-0.15, -0.1) is 0 Å². The highest BCUT2D eigenvalue weighted by Gasteiger charge is 2.15. The average molecular weight is 777 g/mol. The van der Waals surface area contributed by atoms with Crippen molar-refractivity contribution < 1.29 is 9.59 Å². The van der Waals surface area contributed by atoms with E-state index in [1.807, 2.05) is 97.1 Å². The van der Waals surface area contributed by atoms with Crippen LogP contribution in [0.5, 0.6) is 0 Å². The third-order valence-corrected chi connectivity index (χ3v) is 10.7. The molecule has 288 valence electrons. The molecular formula is C54H40N4O2. The Morgan fingerprint density at radius 2 is 0.733 bits per heavy atom. The lowest BCUT2D eigenvalue weighted by atomic mass is 9.96. The van der Waals surface area contributed by atoms with Crippen LogP contribution in [0.2, 0.25) is 0 Å². The zero-order chi connectivity index (χ0) is 41.0. The number of nitrogens with zero attached hydrogens (tertiary/aromatic N) is 2. The molecule has 0 atom stereocenters. The number of aromatic nitrogens is 2. The summed E-state index contributed by atoms with van der Waals surface area (Å²) in [6, 6.07) is 64.2. The second-order valence-electron chi connectivity index (χ2n) is 14.8. The number of fused-ring (bicyclic) bond motifs is 4. The maximum Gasteiger partial charge on any atom is 0.274 e. The first kappa shape index (κ1) is 37.6. The van der Waals surface area contributed by atoms with Crippen molar-refractivity contribution in [2.75, 3.05) is 10.6 Å². The van der Waals surface area contributed by atoms with Crippen LogP contribution in [0.3, 0.4) is 0 Å². The van der Waals surface area contributed by atoms with Gasteiger partial charge in [-0.25, -0.2) is 9.97 Å². The van der Waals surface area contributed by atoms with Crippen molar-refractivity contribution in [2.45, 2.75) is 13.8 Å². The second kappa shape index (κ2) is 16.5. The summed E-state index contributed by atoms with van der Waals surface area (Å²) in [6.45, 7) is 4.16. The molecule has 2 aromatic heterocycles. The summed E-state index contributed by atoms with van der Waals surface area (Å²) in [6.07, 6.45) is 0. The number of anilines is 2. The van der Waals surface area contributed by atoms with Gasteiger partial charge >= 0.3 is 0 Å². The van der Waals surface area contributed by atoms with Crippen LogP contribution in [0.4, 0.5) is 11.4 Å². The van der Waals surface area contributed by atoms with Crippen molar-refractivity contribution in [3.8, 4) is 22.3 Å². The van der Waals surface area contributed by atoms with E-state index in [0.29, 0.717) is 11.4 Å². The number of nitrogens with one attached hydrogen (secondary N) is 2. The van der Waals surface area contributed by atoms with Gasteiger partial charge in [-0.05, 0) is 83.3 Å². The Bertz CT molecular complexity index is 2980. The van der Waals surface area contributed by atoms with E-state index in [2.05, 4.69) is 119 Å². The Hall–Kier alpha value is -7.96. The molecule has 0 saturated carbocycles. The minimum absolute atomic E-state index is 0.216. The highest BCUT2D eigenvalue weighted by atomic mass is 16.2. The fourth-order valence-corrected chi connectivity index (χ4v) is 7.60. The Kier molecular flexibility index (Phi) is 10.3. The molecule has 6 nitrogen and oxygen atoms in total. The predicted octanol–water partition coefficient (Wildman–Crippen LogP) is 13.2. The zero-order valence-electron chi connectivity index (χ0n) is 33.2. The quantitative estimate of drug-likeness (QED) is 0.176. The van der Waals surface area contributed by atoms with E-state index >= 15 is 0 Å². The van der Waals surface area contributed by atoms with Gasteiger partial charge in [-0.2, -0.15) is 0 Å². The summed E-state index contributed by atoms with van der Waals surface area (Å²) in [7, 11) is 0. The molecule has 0 saturated heterocycles. The third-order valence-electron chi connectivity index (χ3n) is 10.7. The van der Waals surface area contributed by atoms with Gasteiger partial charge in [-0.3, -0.25) is 9.59 Å². The Morgan fingerprint density at radius 1 is 0.367 bits per heavy atom. The SMILES string of the molecule is Cc1ccc(-c2cccc3cccc(NC(=O)c4ccc5ccccc5n4)c23)cc1.Cc1ccc(-c2cccc3cccc(NC(=O)c4ccc5ccccc5n4)c23)cc1. The van der Waals surface area contributed by atoms with Gasteiger partial charge in [0.1, 0.15) is 11.4 Å². The van der Waals surface area contributed by atoms with Crippen LogP contribution >= 0.6 is 0 Å². The van der Waals surface area contributed by atoms with Gasteiger partial charge in [0.15, 0.2) is 0 Å². The number of aryl methyl sites for hydroxylation is 2. The molecule has 0 aliphatic rings. The van der Waals surface area contributed by atoms with E-state index in [0.717, 1.165) is 77.0 Å². The molecule has 6 heteroatoms. The molecule has 10 rings (SSSR count). The first-order valence-corrected chi connectivity index (χ1v) is 19.9. The van der Waals surface area contributed by atoms with Crippen LogP contribution in [0.25, 0.3) is 65.6 Å². The van der Waals surface area contributed by atoms with E-state index in [1.165, 1.54) is 11.1 Å². The molecule has 8 aromatic carbocycles. The number of rotatable bonds is 6. The Morgan fingerprint density at radius 3 is 1.15 bits per heavy atom. The molecule has 0 aliphatic heterocycles. The van der Waals surface area contributed by atoms with Crippen molar-refractivity contribution in [3.05, 3.63) is 217 Å². The first-order chi connectivity index (χ1) is 29.4. The standard InChI is InChI=1S/2C27H20N2O/c2*1-18-12-14-19(15-13-18)22-9-4-7-21-8-5-11-24(26(21)22)29-27(30)25-17-16-20-6-2-3-10-23(20)28-25/h2*2-17H,1H3,(H,29,30). The summed E-state index contributed by atoms with van der Waals surface area (Å²) in [5.41, 5.74) is 10.8. The van der Waals surface area contributed by atoms with E-state index in [9.17, 15) is 9.59 Å². The van der Waals surface area contributed by atoms with Crippen molar-refractivity contribution in [1.29, 1.82) is 0 Å². The van der Waals surface area contributed by atoms with Gasteiger partial charge in [0.2, 0.25) is 0 Å². The zero-order valence-corrected chi connectivity index (χ0v) is 33.2. The highest BCUT2D eigenvalue weighted by Crippen LogP contribution is 2.36. The fraction of sp³-hybridized carbons (Fsp3) is 0.0370. The lowest BCUT2D eigenvalue weighted by molar-refractivity contribution is 0.101. The van der Waals surface area contributed by atoms with E-state index in [1.54, 1.807) is 12.1 Å². The number of para-hydroxylation sites is 2. The maximum atomic E-state index is 13.0. The number of pyridine rings is 2. The van der Waals surface area contributed by atoms with Crippen molar-refractivity contribution >= 4 is 66.5 Å². The molecular weight excluding hydrogens is 737 g/mol. The van der Waals surface area contributed by atoms with Gasteiger partial charge in [-0.1, -0.05) is 169 Å². The topological polar surface area (TPSA) is 84.0 Å². The van der Waals surface area contributed by atoms with E-state index in [4.69, 9.17) is 0 Å². The lowest BCUT2D eigenvalue weighted by Gasteiger charge is -2.13. The summed E-state index contributed by atoms with van der Waals surface area (Å²) < 4.78 is 0. The lowest BCUT2D eigenvalue weighted by Crippen LogP contribution is -2.14. The number of hydrogen-bond donors (Lipinski definition) is 2. The number of hydrogen-bond acceptors (Lipinski definition) is 4. The van der Waals surface area contributed by atoms with Crippen molar-refractivity contribution in [2.24, 2.45) is 0 Å². The molecule has 10 aromatic rings. The molecule has 0 unspecified atom stereocenters. The maximum absolute atomic E-state index is 13.0. The summed E-state index contributed by atoms with van der Waals surface area (Å²) in [5.74, 6) is -0.432. The molecule has 0 aliphatic carbocycles. The average Bonchev–Trinajstić information content (AvgIpc) is 3.29. The first-order valence-electron chi connectivity index (χ1n) is 19.9. The number of amides is 2. The fourth-order valence-electron chi connectivity index (χ4n) is 7.60. The van der Waals surface area contributed by atoms with Crippen LogP contribution in [-0.4, -0.2) is 21.8 Å². The monoisotopic (exact) mass is 776 g/mol. The summed E-state index contributed by atoms with van der Waals surface area (Å²) >= 11 is 0.